The fourth-order valence-electron chi connectivity index (χ4n) is 3.81. The van der Waals surface area contributed by atoms with Crippen molar-refractivity contribution in [1.29, 1.82) is 0 Å². The molecule has 7 heteroatoms. The zero-order valence-electron chi connectivity index (χ0n) is 19.2. The number of fused-ring (bicyclic) bond motifs is 1. The summed E-state index contributed by atoms with van der Waals surface area (Å²) in [7, 11) is 0. The Balaban J connectivity index is 1.42. The van der Waals surface area contributed by atoms with Gasteiger partial charge in [0.2, 0.25) is 5.90 Å². The van der Waals surface area contributed by atoms with Crippen molar-refractivity contribution in [2.24, 2.45) is 4.99 Å². The maximum atomic E-state index is 13.0. The van der Waals surface area contributed by atoms with Gasteiger partial charge in [-0.1, -0.05) is 54.1 Å². The van der Waals surface area contributed by atoms with Gasteiger partial charge in [-0.05, 0) is 71.8 Å². The first-order valence-electron chi connectivity index (χ1n) is 11.3. The predicted molar refractivity (Wildman–Crippen MR) is 139 cm³/mol. The Kier molecular flexibility index (Phi) is 6.52. The van der Waals surface area contributed by atoms with Crippen LogP contribution in [0.25, 0.3) is 16.8 Å². The van der Waals surface area contributed by atoms with E-state index in [1.165, 1.54) is 0 Å². The highest BCUT2D eigenvalue weighted by Crippen LogP contribution is 2.32. The van der Waals surface area contributed by atoms with Crippen LogP contribution in [0.4, 0.5) is 0 Å². The van der Waals surface area contributed by atoms with E-state index in [9.17, 15) is 9.59 Å². The summed E-state index contributed by atoms with van der Waals surface area (Å²) in [5.41, 5.74) is 1.88. The summed E-state index contributed by atoms with van der Waals surface area (Å²) in [5, 5.41) is 2.32. The number of nitrogens with zero attached hydrogens (tertiary/aromatic N) is 1. The molecule has 0 fully saturated rings. The van der Waals surface area contributed by atoms with E-state index in [2.05, 4.69) is 4.99 Å². The Morgan fingerprint density at radius 3 is 2.56 bits per heavy atom. The number of halogens is 1. The minimum Gasteiger partial charge on any atom is -0.490 e. The molecule has 0 amide bonds. The van der Waals surface area contributed by atoms with Crippen LogP contribution in [-0.2, 0) is 9.53 Å². The molecule has 4 aromatic rings. The second-order valence-electron chi connectivity index (χ2n) is 7.90. The van der Waals surface area contributed by atoms with E-state index in [4.69, 9.17) is 25.8 Å². The van der Waals surface area contributed by atoms with Gasteiger partial charge in [-0.3, -0.25) is 0 Å². The van der Waals surface area contributed by atoms with E-state index in [0.717, 1.165) is 10.8 Å². The summed E-state index contributed by atoms with van der Waals surface area (Å²) in [6, 6.07) is 25.0. The van der Waals surface area contributed by atoms with Crippen LogP contribution in [-0.4, -0.2) is 24.4 Å². The lowest BCUT2D eigenvalue weighted by Crippen LogP contribution is -2.10. The smallest absolute Gasteiger partial charge is 0.363 e. The van der Waals surface area contributed by atoms with Crippen LogP contribution >= 0.6 is 11.6 Å². The molecule has 0 radical (unpaired) electrons. The molecule has 0 aliphatic carbocycles. The second-order valence-corrected chi connectivity index (χ2v) is 8.33. The monoisotopic (exact) mass is 497 g/mol. The number of carbonyl (C=O) groups is 2. The SMILES string of the molecule is CCOc1cc(/C=C2\N=C(c3ccc(Cl)cc3)OC2=O)ccc1OC(=O)c1cccc2ccccc12. The molecule has 5 rings (SSSR count). The molecule has 0 spiro atoms. The molecule has 4 aromatic carbocycles. The first kappa shape index (κ1) is 23.3. The molecule has 1 heterocycles. The molecule has 0 bridgehead atoms. The van der Waals surface area contributed by atoms with Gasteiger partial charge in [0.1, 0.15) is 0 Å². The number of hydrogen-bond donors (Lipinski definition) is 0. The van der Waals surface area contributed by atoms with Crippen molar-refractivity contribution < 1.29 is 23.8 Å². The summed E-state index contributed by atoms with van der Waals surface area (Å²) in [6.45, 7) is 2.19. The third kappa shape index (κ3) is 4.85. The highest BCUT2D eigenvalue weighted by atomic mass is 35.5. The third-order valence-corrected chi connectivity index (χ3v) is 5.75. The van der Waals surface area contributed by atoms with Gasteiger partial charge in [0, 0.05) is 10.6 Å². The number of aliphatic imine (C=N–C) groups is 1. The molecule has 36 heavy (non-hydrogen) atoms. The summed E-state index contributed by atoms with van der Waals surface area (Å²) in [6.07, 6.45) is 1.59. The average molecular weight is 498 g/mol. The summed E-state index contributed by atoms with van der Waals surface area (Å²) in [5.74, 6) is -0.210. The lowest BCUT2D eigenvalue weighted by molar-refractivity contribution is -0.129. The largest absolute Gasteiger partial charge is 0.490 e. The lowest BCUT2D eigenvalue weighted by atomic mass is 10.0. The van der Waals surface area contributed by atoms with Crippen LogP contribution in [0.2, 0.25) is 5.02 Å². The molecule has 0 saturated heterocycles. The van der Waals surface area contributed by atoms with Crippen LogP contribution in [0.1, 0.15) is 28.4 Å². The van der Waals surface area contributed by atoms with Gasteiger partial charge in [0.25, 0.3) is 0 Å². The number of benzene rings is 4. The number of esters is 2. The van der Waals surface area contributed by atoms with Gasteiger partial charge in [-0.15, -0.1) is 0 Å². The number of ether oxygens (including phenoxy) is 3. The zero-order valence-corrected chi connectivity index (χ0v) is 20.0. The molecular formula is C29H20ClNO5. The van der Waals surface area contributed by atoms with Crippen molar-refractivity contribution >= 4 is 46.3 Å². The van der Waals surface area contributed by atoms with Gasteiger partial charge in [0.05, 0.1) is 12.2 Å². The average Bonchev–Trinajstić information content (AvgIpc) is 3.25. The van der Waals surface area contributed by atoms with Crippen LogP contribution < -0.4 is 9.47 Å². The molecule has 1 aliphatic heterocycles. The highest BCUT2D eigenvalue weighted by Gasteiger charge is 2.24. The third-order valence-electron chi connectivity index (χ3n) is 5.49. The summed E-state index contributed by atoms with van der Waals surface area (Å²) >= 11 is 5.93. The quantitative estimate of drug-likeness (QED) is 0.174. The van der Waals surface area contributed by atoms with E-state index >= 15 is 0 Å². The second kappa shape index (κ2) is 10.1. The zero-order chi connectivity index (χ0) is 25.1. The molecular weight excluding hydrogens is 478 g/mol. The Morgan fingerprint density at radius 1 is 0.972 bits per heavy atom. The fourth-order valence-corrected chi connectivity index (χ4v) is 3.93. The van der Waals surface area contributed by atoms with Crippen LogP contribution in [0, 0.1) is 0 Å². The van der Waals surface area contributed by atoms with E-state index < -0.39 is 11.9 Å². The minimum atomic E-state index is -0.565. The molecule has 1 aliphatic rings. The van der Waals surface area contributed by atoms with Gasteiger partial charge >= 0.3 is 11.9 Å². The van der Waals surface area contributed by atoms with E-state index in [0.29, 0.717) is 34.1 Å². The molecule has 0 aromatic heterocycles. The summed E-state index contributed by atoms with van der Waals surface area (Å²) in [4.78, 5) is 29.7. The normalized spacial score (nSPS) is 14.0. The first-order valence-corrected chi connectivity index (χ1v) is 11.6. The number of hydrogen-bond acceptors (Lipinski definition) is 6. The predicted octanol–water partition coefficient (Wildman–Crippen LogP) is 6.46. The van der Waals surface area contributed by atoms with Crippen LogP contribution in [0.15, 0.2) is 95.6 Å². The van der Waals surface area contributed by atoms with Crippen molar-refractivity contribution in [3.8, 4) is 11.5 Å². The van der Waals surface area contributed by atoms with Crippen LogP contribution in [0.3, 0.4) is 0 Å². The van der Waals surface area contributed by atoms with Crippen molar-refractivity contribution in [3.63, 3.8) is 0 Å². The number of cyclic esters (lactones) is 1. The molecule has 6 nitrogen and oxygen atoms in total. The van der Waals surface area contributed by atoms with Crippen molar-refractivity contribution in [1.82, 2.24) is 0 Å². The highest BCUT2D eigenvalue weighted by molar-refractivity contribution is 6.30. The maximum Gasteiger partial charge on any atom is 0.363 e. The van der Waals surface area contributed by atoms with Gasteiger partial charge in [0.15, 0.2) is 17.2 Å². The van der Waals surface area contributed by atoms with E-state index in [1.807, 2.05) is 43.3 Å². The van der Waals surface area contributed by atoms with Crippen LogP contribution in [0.5, 0.6) is 11.5 Å². The van der Waals surface area contributed by atoms with Gasteiger partial charge in [-0.25, -0.2) is 14.6 Å². The number of carbonyl (C=O) groups excluding carboxylic acids is 2. The Bertz CT molecular complexity index is 1530. The van der Waals surface area contributed by atoms with E-state index in [1.54, 1.807) is 54.6 Å². The van der Waals surface area contributed by atoms with Gasteiger partial charge in [-0.2, -0.15) is 0 Å². The number of rotatable bonds is 6. The molecule has 0 atom stereocenters. The topological polar surface area (TPSA) is 74.2 Å². The standard InChI is InChI=1S/C29H20ClNO5/c1-2-34-26-17-18(16-24-29(33)36-27(31-24)20-11-13-21(30)14-12-20)10-15-25(26)35-28(32)23-9-5-7-19-6-3-4-8-22(19)23/h3-17H,2H2,1H3/b24-16-. The lowest BCUT2D eigenvalue weighted by Gasteiger charge is -2.12. The Hall–Kier alpha value is -4.42. The maximum absolute atomic E-state index is 13.0. The Morgan fingerprint density at radius 2 is 1.75 bits per heavy atom. The minimum absolute atomic E-state index is 0.142. The van der Waals surface area contributed by atoms with Crippen molar-refractivity contribution in [2.75, 3.05) is 6.61 Å². The Labute approximate surface area is 212 Å². The fraction of sp³-hybridized carbons (Fsp3) is 0.0690. The van der Waals surface area contributed by atoms with Crippen molar-refractivity contribution in [3.05, 3.63) is 112 Å². The summed E-state index contributed by atoms with van der Waals surface area (Å²) < 4.78 is 16.7. The molecule has 0 N–H and O–H groups in total. The molecule has 0 unspecified atom stereocenters. The van der Waals surface area contributed by atoms with Gasteiger partial charge < -0.3 is 14.2 Å². The molecule has 0 saturated carbocycles. The molecule has 178 valence electrons. The first-order chi connectivity index (χ1) is 17.5. The van der Waals surface area contributed by atoms with Crippen molar-refractivity contribution in [2.45, 2.75) is 6.92 Å². The van der Waals surface area contributed by atoms with E-state index in [-0.39, 0.29) is 17.3 Å².